The normalized spacial score (nSPS) is 8.16. The molecule has 0 aliphatic carbocycles. The minimum absolute atomic E-state index is 0.306. The van der Waals surface area contributed by atoms with Gasteiger partial charge in [0.15, 0.2) is 0 Å². The first-order valence-corrected chi connectivity index (χ1v) is 6.79. The van der Waals surface area contributed by atoms with Crippen LogP contribution >= 0.6 is 0 Å². The van der Waals surface area contributed by atoms with Crippen molar-refractivity contribution in [3.05, 3.63) is 72.3 Å². The fourth-order valence-electron chi connectivity index (χ4n) is 0.966. The quantitative estimate of drug-likeness (QED) is 0.807. The molecule has 0 aliphatic rings. The van der Waals surface area contributed by atoms with Gasteiger partial charge < -0.3 is 5.11 Å². The number of benzene rings is 2. The molecule has 2 aromatic rings. The zero-order valence-electron chi connectivity index (χ0n) is 11.1. The molecule has 0 atom stereocenters. The monoisotopic (exact) mass is 266 g/mol. The summed E-state index contributed by atoms with van der Waals surface area (Å²) in [7, 11) is 0. The molecule has 0 amide bonds. The van der Waals surface area contributed by atoms with Crippen molar-refractivity contribution in [1.82, 2.24) is 0 Å². The number of carboxylic acid groups (broad SMARTS) is 1. The number of hydrogen-bond donors (Lipinski definition) is 1. The Labute approximate surface area is 130 Å². The fourth-order valence-corrected chi connectivity index (χ4v) is 0.966. The Bertz CT molecular complexity index is 439. The molecule has 1 N–H and O–H groups in total. The molecule has 0 unspecified atom stereocenters. The van der Waals surface area contributed by atoms with Gasteiger partial charge in [0, 0.05) is 0 Å². The van der Waals surface area contributed by atoms with E-state index in [1.807, 2.05) is 36.4 Å². The molecular weight excluding hydrogens is 251 g/mol. The van der Waals surface area contributed by atoms with Crippen LogP contribution in [0.5, 0.6) is 0 Å². The zero-order chi connectivity index (χ0) is 14.5. The summed E-state index contributed by atoms with van der Waals surface area (Å²) >= 11 is 0.710. The van der Waals surface area contributed by atoms with Crippen LogP contribution in [-0.2, 0) is 4.79 Å². The molecule has 0 aromatic heterocycles. The second-order valence-corrected chi connectivity index (χ2v) is 5.14. The molecule has 0 saturated heterocycles. The van der Waals surface area contributed by atoms with E-state index >= 15 is 0 Å². The van der Waals surface area contributed by atoms with Crippen LogP contribution in [0.2, 0.25) is 0 Å². The summed E-state index contributed by atoms with van der Waals surface area (Å²) in [5.41, 5.74) is 0.331. The predicted molar refractivity (Wildman–Crippen MR) is 76.3 cm³/mol. The van der Waals surface area contributed by atoms with Crippen LogP contribution in [0.25, 0.3) is 0 Å². The first kappa shape index (κ1) is 17.6. The van der Waals surface area contributed by atoms with Gasteiger partial charge in [-0.05, 0) is 12.1 Å². The van der Waals surface area contributed by atoms with E-state index in [1.54, 1.807) is 37.3 Å². The van der Waals surface area contributed by atoms with Crippen molar-refractivity contribution in [2.45, 2.75) is 6.92 Å². The number of hydrogen-bond acceptors (Lipinski definition) is 2. The van der Waals surface area contributed by atoms with Crippen LogP contribution in [0, 0.1) is 0 Å². The summed E-state index contributed by atoms with van der Waals surface area (Å²) in [4.78, 5) is 19.7. The minimum Gasteiger partial charge on any atom is -0.478 e. The molecule has 3 nitrogen and oxygen atoms in total. The van der Waals surface area contributed by atoms with Gasteiger partial charge in [0.2, 0.25) is 0 Å². The van der Waals surface area contributed by atoms with Crippen LogP contribution in [0.4, 0.5) is 0 Å². The summed E-state index contributed by atoms with van der Waals surface area (Å²) in [5.74, 6) is -0.879. The van der Waals surface area contributed by atoms with Gasteiger partial charge in [-0.25, -0.2) is 4.79 Å². The smallest absolute Gasteiger partial charge is 0.335 e. The first-order valence-electron chi connectivity index (χ1n) is 5.79. The number of rotatable bonds is 1. The van der Waals surface area contributed by atoms with E-state index in [9.17, 15) is 9.59 Å². The molecule has 0 fully saturated rings. The summed E-state index contributed by atoms with van der Waals surface area (Å²) in [6.45, 7) is 1.59. The molecule has 4 heteroatoms. The summed E-state index contributed by atoms with van der Waals surface area (Å²) in [5, 5.41) is 8.38. The first-order chi connectivity index (χ1) is 9.04. The Balaban J connectivity index is 0.000000281. The van der Waals surface area contributed by atoms with Crippen molar-refractivity contribution in [3.63, 3.8) is 0 Å². The molecule has 0 radical (unpaired) electrons. The van der Waals surface area contributed by atoms with Crippen LogP contribution in [0.1, 0.15) is 17.3 Å². The van der Waals surface area contributed by atoms with Crippen molar-refractivity contribution in [3.8, 4) is 0 Å². The van der Waals surface area contributed by atoms with Crippen LogP contribution in [0.3, 0.4) is 0 Å². The van der Waals surface area contributed by atoms with Crippen molar-refractivity contribution < 1.29 is 14.7 Å². The molecule has 19 heavy (non-hydrogen) atoms. The van der Waals surface area contributed by atoms with E-state index in [0.29, 0.717) is 36.5 Å². The Kier molecular flexibility index (Phi) is 10.8. The largest absolute Gasteiger partial charge is 0.478 e. The number of carbonyl (C=O) groups excluding carboxylic acids is 1. The minimum atomic E-state index is -0.879. The average Bonchev–Trinajstić information content (AvgIpc) is 2.42. The molecule has 0 saturated carbocycles. The van der Waals surface area contributed by atoms with Gasteiger partial charge in [0.25, 0.3) is 0 Å². The molecule has 0 aliphatic heterocycles. The average molecular weight is 266 g/mol. The number of carboxylic acids is 1. The predicted octanol–water partition coefficient (Wildman–Crippen LogP) is 2.77. The fraction of sp³-hybridized carbons (Fsp3) is 0.0667. The van der Waals surface area contributed by atoms with E-state index in [0.717, 1.165) is 0 Å². The molecule has 0 spiro atoms. The molecule has 2 rings (SSSR count). The molecule has 0 bridgehead atoms. The van der Waals surface area contributed by atoms with Crippen LogP contribution < -0.4 is 0 Å². The zero-order valence-corrected chi connectivity index (χ0v) is 13.1. The van der Waals surface area contributed by atoms with Gasteiger partial charge in [-0.2, -0.15) is 0 Å². The Morgan fingerprint density at radius 1 is 0.842 bits per heavy atom. The maximum absolute atomic E-state index is 10.2. The van der Waals surface area contributed by atoms with Gasteiger partial charge in [-0.3, -0.25) is 0 Å². The Hall–Kier alpha value is -1.42. The summed E-state index contributed by atoms with van der Waals surface area (Å²) in [6, 6.07) is 20.3. The number of aromatic carboxylic acids is 1. The van der Waals surface area contributed by atoms with E-state index in [1.165, 1.54) is 0 Å². The third-order valence-corrected chi connectivity index (χ3v) is 1.69. The van der Waals surface area contributed by atoms with Crippen LogP contribution in [-0.4, -0.2) is 42.0 Å². The van der Waals surface area contributed by atoms with E-state index in [2.05, 4.69) is 0 Å². The topological polar surface area (TPSA) is 54.4 Å². The Morgan fingerprint density at radius 2 is 1.11 bits per heavy atom. The summed E-state index contributed by atoms with van der Waals surface area (Å²) in [6.07, 6.45) is 0. The SMILES string of the molecule is C[C](=O)[Na].O=C(O)c1ccccc1.c1ccccc1. The third kappa shape index (κ3) is 12.8. The van der Waals surface area contributed by atoms with E-state index in [4.69, 9.17) is 5.11 Å². The van der Waals surface area contributed by atoms with Crippen molar-refractivity contribution in [2.24, 2.45) is 0 Å². The summed E-state index contributed by atoms with van der Waals surface area (Å²) < 4.78 is 0.306. The van der Waals surface area contributed by atoms with Gasteiger partial charge in [-0.15, -0.1) is 0 Å². The van der Waals surface area contributed by atoms with E-state index in [-0.39, 0.29) is 0 Å². The van der Waals surface area contributed by atoms with Crippen molar-refractivity contribution >= 4 is 36.9 Å². The second-order valence-electron chi connectivity index (χ2n) is 3.73. The van der Waals surface area contributed by atoms with Crippen molar-refractivity contribution in [2.75, 3.05) is 0 Å². The maximum atomic E-state index is 10.2. The second kappa shape index (κ2) is 11.7. The van der Waals surface area contributed by atoms with Gasteiger partial charge in [0.05, 0.1) is 5.56 Å². The van der Waals surface area contributed by atoms with Gasteiger partial charge in [0.1, 0.15) is 0 Å². The number of carbonyl (C=O) groups is 2. The molecular formula is C15H15NaO3. The van der Waals surface area contributed by atoms with Gasteiger partial charge >= 0.3 is 48.7 Å². The Morgan fingerprint density at radius 3 is 1.32 bits per heavy atom. The molecule has 2 aromatic carbocycles. The molecule has 0 heterocycles. The maximum Gasteiger partial charge on any atom is 0.335 e. The molecule has 94 valence electrons. The van der Waals surface area contributed by atoms with Crippen LogP contribution in [0.15, 0.2) is 66.7 Å². The third-order valence-electron chi connectivity index (χ3n) is 1.69. The van der Waals surface area contributed by atoms with E-state index < -0.39 is 5.97 Å². The van der Waals surface area contributed by atoms with Gasteiger partial charge in [-0.1, -0.05) is 54.6 Å². The van der Waals surface area contributed by atoms with Crippen molar-refractivity contribution in [1.29, 1.82) is 0 Å². The standard InChI is InChI=1S/C7H6O2.C6H6.C2H3O.Na/c8-7(9)6-4-2-1-3-5-6;1-2-4-6-5-3-1;1-2-3;/h1-5H,(H,8,9);1-6H;1H3;.